The van der Waals surface area contributed by atoms with Crippen molar-refractivity contribution in [2.75, 3.05) is 10.6 Å². The second-order valence-corrected chi connectivity index (χ2v) is 7.44. The van der Waals surface area contributed by atoms with Crippen LogP contribution in [0.5, 0.6) is 0 Å². The summed E-state index contributed by atoms with van der Waals surface area (Å²) >= 11 is 0. The highest BCUT2D eigenvalue weighted by Crippen LogP contribution is 2.30. The molecule has 0 bridgehead atoms. The number of amides is 1. The molecule has 0 aromatic heterocycles. The fourth-order valence-corrected chi connectivity index (χ4v) is 2.93. The molecule has 0 aliphatic rings. The number of sulfone groups is 1. The molecule has 0 unspecified atom stereocenters. The number of hydrogen-bond donors (Lipinski definition) is 4. The molecule has 2 aromatic carbocycles. The number of halogens is 3. The van der Waals surface area contributed by atoms with E-state index >= 15 is 0 Å². The number of guanidine groups is 1. The summed E-state index contributed by atoms with van der Waals surface area (Å²) in [5.74, 6) is -1.11. The molecule has 144 valence electrons. The van der Waals surface area contributed by atoms with Crippen LogP contribution in [0.15, 0.2) is 47.4 Å². The Morgan fingerprint density at radius 2 is 1.78 bits per heavy atom. The maximum Gasteiger partial charge on any atom is 0.501 e. The van der Waals surface area contributed by atoms with Gasteiger partial charge in [-0.15, -0.1) is 0 Å². The number of alkyl halides is 3. The van der Waals surface area contributed by atoms with Gasteiger partial charge in [0, 0.05) is 16.9 Å². The number of rotatable bonds is 4. The SMILES string of the molecule is Cc1ccc(NC(=O)c2cccc(S(=O)(=O)C(F)(F)F)c2)cc1NC(=N)N. The van der Waals surface area contributed by atoms with Gasteiger partial charge in [-0.05, 0) is 42.8 Å². The molecule has 27 heavy (non-hydrogen) atoms. The van der Waals surface area contributed by atoms with Gasteiger partial charge in [0.05, 0.1) is 4.90 Å². The summed E-state index contributed by atoms with van der Waals surface area (Å²) in [4.78, 5) is 11.3. The van der Waals surface area contributed by atoms with Gasteiger partial charge in [0.1, 0.15) is 0 Å². The van der Waals surface area contributed by atoms with Crippen molar-refractivity contribution in [1.82, 2.24) is 0 Å². The van der Waals surface area contributed by atoms with E-state index in [1.807, 2.05) is 0 Å². The van der Waals surface area contributed by atoms with Crippen LogP contribution in [0.2, 0.25) is 0 Å². The summed E-state index contributed by atoms with van der Waals surface area (Å²) in [5, 5.41) is 12.3. The summed E-state index contributed by atoms with van der Waals surface area (Å²) in [6.45, 7) is 1.74. The van der Waals surface area contributed by atoms with Gasteiger partial charge in [0.25, 0.3) is 15.7 Å². The van der Waals surface area contributed by atoms with Crippen LogP contribution < -0.4 is 16.4 Å². The number of anilines is 2. The van der Waals surface area contributed by atoms with Gasteiger partial charge >= 0.3 is 5.51 Å². The van der Waals surface area contributed by atoms with Crippen LogP contribution in [0.3, 0.4) is 0 Å². The Kier molecular flexibility index (Phi) is 5.45. The summed E-state index contributed by atoms with van der Waals surface area (Å²) < 4.78 is 60.9. The average molecular weight is 400 g/mol. The molecule has 0 aliphatic heterocycles. The first-order valence-electron chi connectivity index (χ1n) is 7.36. The van der Waals surface area contributed by atoms with E-state index in [1.165, 1.54) is 18.2 Å². The highest BCUT2D eigenvalue weighted by atomic mass is 32.2. The number of aryl methyl sites for hydroxylation is 1. The molecule has 0 radical (unpaired) electrons. The lowest BCUT2D eigenvalue weighted by Gasteiger charge is -2.12. The van der Waals surface area contributed by atoms with E-state index in [1.54, 1.807) is 13.0 Å². The van der Waals surface area contributed by atoms with Gasteiger partial charge in [0.2, 0.25) is 0 Å². The molecule has 11 heteroatoms. The monoisotopic (exact) mass is 400 g/mol. The predicted octanol–water partition coefficient (Wildman–Crippen LogP) is 2.85. The second kappa shape index (κ2) is 7.27. The van der Waals surface area contributed by atoms with Crippen LogP contribution in [-0.2, 0) is 9.84 Å². The van der Waals surface area contributed by atoms with Crippen molar-refractivity contribution in [3.05, 3.63) is 53.6 Å². The van der Waals surface area contributed by atoms with Crippen molar-refractivity contribution in [1.29, 1.82) is 5.41 Å². The summed E-state index contributed by atoms with van der Waals surface area (Å²) in [5.41, 5.74) is 1.00. The number of carbonyl (C=O) groups is 1. The van der Waals surface area contributed by atoms with Crippen molar-refractivity contribution in [2.45, 2.75) is 17.3 Å². The molecule has 0 atom stereocenters. The fraction of sp³-hybridized carbons (Fsp3) is 0.125. The molecule has 7 nitrogen and oxygen atoms in total. The van der Waals surface area contributed by atoms with E-state index < -0.39 is 26.1 Å². The second-order valence-electron chi connectivity index (χ2n) is 5.50. The van der Waals surface area contributed by atoms with Gasteiger partial charge < -0.3 is 16.4 Å². The molecule has 0 fully saturated rings. The molecule has 1 amide bonds. The quantitative estimate of drug-likeness (QED) is 0.464. The molecule has 0 heterocycles. The summed E-state index contributed by atoms with van der Waals surface area (Å²) in [6, 6.07) is 8.30. The Labute approximate surface area is 152 Å². The lowest BCUT2D eigenvalue weighted by atomic mass is 10.1. The summed E-state index contributed by atoms with van der Waals surface area (Å²) in [6.07, 6.45) is 0. The number of benzene rings is 2. The Morgan fingerprint density at radius 1 is 1.11 bits per heavy atom. The lowest BCUT2D eigenvalue weighted by molar-refractivity contribution is -0.0436. The van der Waals surface area contributed by atoms with Crippen molar-refractivity contribution in [3.63, 3.8) is 0 Å². The molecule has 0 saturated heterocycles. The number of nitrogens with one attached hydrogen (secondary N) is 3. The minimum atomic E-state index is -5.56. The highest BCUT2D eigenvalue weighted by molar-refractivity contribution is 7.92. The number of carbonyl (C=O) groups excluding carboxylic acids is 1. The van der Waals surface area contributed by atoms with Crippen molar-refractivity contribution >= 4 is 33.1 Å². The Bertz CT molecular complexity index is 1000. The van der Waals surface area contributed by atoms with Crippen LogP contribution in [0.25, 0.3) is 0 Å². The predicted molar refractivity (Wildman–Crippen MR) is 94.4 cm³/mol. The van der Waals surface area contributed by atoms with Crippen LogP contribution in [0.4, 0.5) is 24.5 Å². The molecule has 0 spiro atoms. The smallest absolute Gasteiger partial charge is 0.370 e. The fourth-order valence-electron chi connectivity index (χ4n) is 2.12. The largest absolute Gasteiger partial charge is 0.501 e. The standard InChI is InChI=1S/C16H15F3N4O3S/c1-9-5-6-11(8-13(9)23-15(20)21)22-14(24)10-3-2-4-12(7-10)27(25,26)16(17,18)19/h2-8H,1H3,(H,22,24)(H4,20,21,23). The zero-order chi connectivity index (χ0) is 20.4. The van der Waals surface area contributed by atoms with E-state index in [0.717, 1.165) is 17.7 Å². The zero-order valence-corrected chi connectivity index (χ0v) is 14.7. The number of nitrogens with two attached hydrogens (primary N) is 1. The molecule has 0 saturated carbocycles. The molecular formula is C16H15F3N4O3S. The first-order valence-corrected chi connectivity index (χ1v) is 8.84. The molecule has 0 aliphatic carbocycles. The van der Waals surface area contributed by atoms with Crippen molar-refractivity contribution in [2.24, 2.45) is 5.73 Å². The van der Waals surface area contributed by atoms with E-state index in [-0.39, 0.29) is 17.2 Å². The Hall–Kier alpha value is -3.08. The third kappa shape index (κ3) is 4.56. The van der Waals surface area contributed by atoms with Crippen LogP contribution >= 0.6 is 0 Å². The minimum absolute atomic E-state index is 0.262. The number of hydrogen-bond acceptors (Lipinski definition) is 4. The normalized spacial score (nSPS) is 11.7. The van der Waals surface area contributed by atoms with Gasteiger partial charge in [-0.2, -0.15) is 13.2 Å². The lowest BCUT2D eigenvalue weighted by Crippen LogP contribution is -2.23. The first-order chi connectivity index (χ1) is 12.4. The minimum Gasteiger partial charge on any atom is -0.370 e. The van der Waals surface area contributed by atoms with Gasteiger partial charge in [-0.1, -0.05) is 12.1 Å². The van der Waals surface area contributed by atoms with Crippen LogP contribution in [0, 0.1) is 12.3 Å². The van der Waals surface area contributed by atoms with E-state index in [0.29, 0.717) is 11.8 Å². The molecule has 2 aromatic rings. The Morgan fingerprint density at radius 3 is 2.37 bits per heavy atom. The zero-order valence-electron chi connectivity index (χ0n) is 13.9. The highest BCUT2D eigenvalue weighted by Gasteiger charge is 2.46. The van der Waals surface area contributed by atoms with E-state index in [9.17, 15) is 26.4 Å². The van der Waals surface area contributed by atoms with Crippen LogP contribution in [0.1, 0.15) is 15.9 Å². The third-order valence-corrected chi connectivity index (χ3v) is 4.96. The van der Waals surface area contributed by atoms with Gasteiger partial charge in [-0.25, -0.2) is 8.42 Å². The third-order valence-electron chi connectivity index (χ3n) is 3.48. The molecule has 2 rings (SSSR count). The van der Waals surface area contributed by atoms with Gasteiger partial charge in [-0.3, -0.25) is 10.2 Å². The van der Waals surface area contributed by atoms with Crippen molar-refractivity contribution < 1.29 is 26.4 Å². The Balaban J connectivity index is 2.30. The first kappa shape index (κ1) is 20.2. The van der Waals surface area contributed by atoms with Crippen molar-refractivity contribution in [3.8, 4) is 0 Å². The molecule has 5 N–H and O–H groups in total. The topological polar surface area (TPSA) is 125 Å². The maximum absolute atomic E-state index is 12.7. The average Bonchev–Trinajstić information content (AvgIpc) is 2.56. The summed E-state index contributed by atoms with van der Waals surface area (Å²) in [7, 11) is -5.56. The van der Waals surface area contributed by atoms with E-state index in [2.05, 4.69) is 10.6 Å². The van der Waals surface area contributed by atoms with E-state index in [4.69, 9.17) is 11.1 Å². The van der Waals surface area contributed by atoms with Gasteiger partial charge in [0.15, 0.2) is 5.96 Å². The maximum atomic E-state index is 12.7. The molecular weight excluding hydrogens is 385 g/mol. The van der Waals surface area contributed by atoms with Crippen LogP contribution in [-0.4, -0.2) is 25.8 Å².